The van der Waals surface area contributed by atoms with Gasteiger partial charge in [0.1, 0.15) is 0 Å². The zero-order chi connectivity index (χ0) is 51.0. The van der Waals surface area contributed by atoms with Gasteiger partial charge in [0.2, 0.25) is 0 Å². The largest absolute Gasteiger partial charge is 0.494 e. The van der Waals surface area contributed by atoms with Gasteiger partial charge in [-0.05, 0) is 180 Å². The van der Waals surface area contributed by atoms with Crippen LogP contribution in [0.2, 0.25) is 0 Å². The van der Waals surface area contributed by atoms with Crippen molar-refractivity contribution in [2.75, 3.05) is 0 Å². The van der Waals surface area contributed by atoms with Crippen LogP contribution >= 0.6 is 54.5 Å². The fourth-order valence-corrected chi connectivity index (χ4v) is 10.7. The van der Waals surface area contributed by atoms with Crippen LogP contribution in [-0.4, -0.2) is 27.5 Å². The van der Waals surface area contributed by atoms with Crippen LogP contribution in [0.1, 0.15) is 42.5 Å². The van der Waals surface area contributed by atoms with Crippen molar-refractivity contribution in [3.05, 3.63) is 255 Å². The third-order valence-corrected chi connectivity index (χ3v) is 16.1. The first kappa shape index (κ1) is 54.3. The molecule has 378 valence electrons. The minimum Gasteiger partial charge on any atom is -0.399 e. The zero-order valence-corrected chi connectivity index (χ0v) is 46.8. The van der Waals surface area contributed by atoms with Crippen LogP contribution < -0.4 is 5.46 Å². The molecule has 0 N–H and O–H groups in total. The third-order valence-electron chi connectivity index (χ3n) is 14.3. The summed E-state index contributed by atoms with van der Waals surface area (Å²) in [5, 5.41) is 4.97. The molecule has 0 unspecified atom stereocenters. The van der Waals surface area contributed by atoms with Gasteiger partial charge in [0.25, 0.3) is 0 Å². The van der Waals surface area contributed by atoms with Crippen molar-refractivity contribution in [1.82, 2.24) is 9.13 Å². The average molecular weight is 1230 g/mol. The molecule has 4 nitrogen and oxygen atoms in total. The van der Waals surface area contributed by atoms with Crippen molar-refractivity contribution >= 4 is 111 Å². The number of hydrogen-bond donors (Lipinski definition) is 0. The fraction of sp³-hybridized carbons (Fsp3) is 0.118. The van der Waals surface area contributed by atoms with Crippen molar-refractivity contribution in [2.45, 2.75) is 53.8 Å². The van der Waals surface area contributed by atoms with Gasteiger partial charge in [-0.3, -0.25) is 0 Å². The zero-order valence-electron chi connectivity index (χ0n) is 41.5. The predicted molar refractivity (Wildman–Crippen MR) is 342 cm³/mol. The maximum absolute atomic E-state index is 6.33. The number of benzene rings is 10. The van der Waals surface area contributed by atoms with E-state index in [1.54, 1.807) is 0 Å². The van der Waals surface area contributed by atoms with Gasteiger partial charge < -0.3 is 18.4 Å². The summed E-state index contributed by atoms with van der Waals surface area (Å²) in [6.45, 7) is 8.38. The quantitative estimate of drug-likeness (QED) is 0.123. The molecule has 0 spiro atoms. The smallest absolute Gasteiger partial charge is 0.399 e. The van der Waals surface area contributed by atoms with Gasteiger partial charge in [-0.15, -0.1) is 0 Å². The van der Waals surface area contributed by atoms with Crippen LogP contribution in [0.4, 0.5) is 0 Å². The summed E-state index contributed by atoms with van der Waals surface area (Å²) >= 11 is 9.15. The Morgan fingerprint density at radius 2 is 0.697 bits per heavy atom. The maximum Gasteiger partial charge on any atom is 0.494 e. The number of rotatable bonds is 6. The number of fused-ring (bicyclic) bond motifs is 6. The second-order valence-electron chi connectivity index (χ2n) is 19.6. The van der Waals surface area contributed by atoms with E-state index in [9.17, 15) is 0 Å². The van der Waals surface area contributed by atoms with E-state index in [1.807, 2.05) is 18.2 Å². The van der Waals surface area contributed by atoms with Crippen LogP contribution in [0.25, 0.3) is 88.4 Å². The summed E-state index contributed by atoms with van der Waals surface area (Å²) in [6, 6.07) is 86.0. The van der Waals surface area contributed by atoms with E-state index in [0.29, 0.717) is 0 Å². The minimum absolute atomic E-state index is 0. The summed E-state index contributed by atoms with van der Waals surface area (Å²) in [5.74, 6) is 0. The maximum atomic E-state index is 6.33. The highest BCUT2D eigenvalue weighted by Crippen LogP contribution is 2.39. The predicted octanol–water partition coefficient (Wildman–Crippen LogP) is 20.0. The number of aromatic nitrogens is 2. The van der Waals surface area contributed by atoms with Crippen molar-refractivity contribution in [3.8, 4) is 44.8 Å². The molecule has 0 amide bonds. The Hall–Kier alpha value is -6.53. The second kappa shape index (κ2) is 23.0. The van der Waals surface area contributed by atoms with Crippen molar-refractivity contribution in [3.63, 3.8) is 0 Å². The monoisotopic (exact) mass is 1230 g/mol. The van der Waals surface area contributed by atoms with Gasteiger partial charge in [0, 0.05) is 45.4 Å². The normalized spacial score (nSPS) is 13.3. The van der Waals surface area contributed by atoms with Crippen LogP contribution in [0.15, 0.2) is 252 Å². The lowest BCUT2D eigenvalue weighted by atomic mass is 9.78. The van der Waals surface area contributed by atoms with Gasteiger partial charge in [0.15, 0.2) is 0 Å². The van der Waals surface area contributed by atoms with Gasteiger partial charge in [-0.2, -0.15) is 0 Å². The van der Waals surface area contributed by atoms with E-state index < -0.39 is 0 Å². The number of halogens is 3. The Labute approximate surface area is 478 Å². The van der Waals surface area contributed by atoms with Crippen LogP contribution in [0.5, 0.6) is 0 Å². The SMILES string of the molecule is Brc1ccc(-c2ccc3c(c2)c2ccccc2n3-c2ccc(-c3ccccc3)cc2)cc1.Brc1ccc(I)cc1.C.C.CC1(C)OB(c2ccc3c(c2)c2ccccc2n3-c2ccc(-c3ccccc3)cc2)OC1(C)C. The van der Waals surface area contributed by atoms with Gasteiger partial charge in [-0.25, -0.2) is 0 Å². The van der Waals surface area contributed by atoms with Crippen LogP contribution in [-0.2, 0) is 9.31 Å². The molecule has 1 aliphatic heterocycles. The molecule has 0 aliphatic carbocycles. The Kier molecular flexibility index (Phi) is 16.4. The standard InChI is InChI=1S/C30H28BNO2.C30H20BrN.C6H4BrI.2CH4/c1-29(2)30(3,4)34-31(33-29)23-16-19-28-26(20-23)25-12-8-9-13-27(25)32(28)24-17-14-22(15-18-24)21-10-6-5-7-11-21;31-25-15-10-23(11-16-25)24-14-19-30-28(20-24)27-8-4-5-9-29(27)32(30)26-17-12-22(13-18-26)21-6-2-1-3-7-21;7-5-1-3-6(8)4-2-5;;/h5-20H,1-4H3;1-20H;1-4H;2*1H4. The molecule has 13 rings (SSSR count). The molecule has 0 bridgehead atoms. The molecule has 3 heterocycles. The average Bonchev–Trinajstić information content (AvgIpc) is 4.03. The topological polar surface area (TPSA) is 28.3 Å². The first-order chi connectivity index (χ1) is 35.9. The Balaban J connectivity index is 0.000000159. The van der Waals surface area contributed by atoms with Crippen molar-refractivity contribution in [2.24, 2.45) is 0 Å². The van der Waals surface area contributed by atoms with Gasteiger partial charge >= 0.3 is 7.12 Å². The molecule has 10 aromatic carbocycles. The van der Waals surface area contributed by atoms with Crippen molar-refractivity contribution < 1.29 is 9.31 Å². The molecular formula is C68H60BBr2IN2O2. The fourth-order valence-electron chi connectivity index (χ4n) is 9.76. The lowest BCUT2D eigenvalue weighted by molar-refractivity contribution is 0.00578. The Bertz CT molecular complexity index is 3870. The molecule has 0 atom stereocenters. The number of nitrogens with zero attached hydrogens (tertiary/aromatic N) is 2. The van der Waals surface area contributed by atoms with E-state index in [1.165, 1.54) is 86.2 Å². The molecule has 0 radical (unpaired) electrons. The molecular weight excluding hydrogens is 1170 g/mol. The van der Waals surface area contributed by atoms with Gasteiger partial charge in [-0.1, -0.05) is 198 Å². The lowest BCUT2D eigenvalue weighted by Gasteiger charge is -2.32. The molecule has 12 aromatic rings. The number of hydrogen-bond acceptors (Lipinski definition) is 2. The molecule has 1 saturated heterocycles. The highest BCUT2D eigenvalue weighted by atomic mass is 127. The summed E-state index contributed by atoms with van der Waals surface area (Å²) < 4.78 is 20.9. The molecule has 76 heavy (non-hydrogen) atoms. The highest BCUT2D eigenvalue weighted by Gasteiger charge is 2.51. The van der Waals surface area contributed by atoms with E-state index in [4.69, 9.17) is 9.31 Å². The number of para-hydroxylation sites is 2. The first-order valence-corrected chi connectivity index (χ1v) is 27.5. The Morgan fingerprint density at radius 1 is 0.355 bits per heavy atom. The van der Waals surface area contributed by atoms with E-state index in [0.717, 1.165) is 20.1 Å². The third kappa shape index (κ3) is 11.0. The second-order valence-corrected chi connectivity index (χ2v) is 22.6. The molecule has 1 fully saturated rings. The molecule has 2 aromatic heterocycles. The molecule has 8 heteroatoms. The highest BCUT2D eigenvalue weighted by molar-refractivity contribution is 14.1. The van der Waals surface area contributed by atoms with Crippen LogP contribution in [0.3, 0.4) is 0 Å². The molecule has 1 aliphatic rings. The lowest BCUT2D eigenvalue weighted by Crippen LogP contribution is -2.41. The van der Waals surface area contributed by atoms with Crippen molar-refractivity contribution in [1.29, 1.82) is 0 Å². The Morgan fingerprint density at radius 3 is 1.16 bits per heavy atom. The summed E-state index contributed by atoms with van der Waals surface area (Å²) in [7, 11) is -0.373. The van der Waals surface area contributed by atoms with Crippen LogP contribution in [0, 0.1) is 3.57 Å². The van der Waals surface area contributed by atoms with E-state index in [2.05, 4.69) is 316 Å². The van der Waals surface area contributed by atoms with Gasteiger partial charge in [0.05, 0.1) is 33.3 Å². The minimum atomic E-state index is -0.373. The summed E-state index contributed by atoms with van der Waals surface area (Å²) in [5.41, 5.74) is 14.8. The molecule has 0 saturated carbocycles. The van der Waals surface area contributed by atoms with E-state index >= 15 is 0 Å². The van der Waals surface area contributed by atoms with E-state index in [-0.39, 0.29) is 33.2 Å². The summed E-state index contributed by atoms with van der Waals surface area (Å²) in [6.07, 6.45) is 0. The summed E-state index contributed by atoms with van der Waals surface area (Å²) in [4.78, 5) is 0. The first-order valence-electron chi connectivity index (χ1n) is 24.8.